The summed E-state index contributed by atoms with van der Waals surface area (Å²) in [6, 6.07) is 9.60. The van der Waals surface area contributed by atoms with Crippen molar-refractivity contribution >= 4 is 17.5 Å². The predicted octanol–water partition coefficient (Wildman–Crippen LogP) is 3.46. The van der Waals surface area contributed by atoms with Gasteiger partial charge in [-0.3, -0.25) is 0 Å². The number of rotatable bonds is 9. The van der Waals surface area contributed by atoms with E-state index < -0.39 is 0 Å². The SMILES string of the molecule is COCCCNc1ccnc(Nc2ccccc2OC(C)C)n1. The zero-order valence-electron chi connectivity index (χ0n) is 13.9. The van der Waals surface area contributed by atoms with E-state index in [1.165, 1.54) is 0 Å². The van der Waals surface area contributed by atoms with E-state index >= 15 is 0 Å². The number of anilines is 3. The van der Waals surface area contributed by atoms with Crippen LogP contribution < -0.4 is 15.4 Å². The van der Waals surface area contributed by atoms with Crippen LogP contribution in [0.3, 0.4) is 0 Å². The first kappa shape index (κ1) is 17.0. The lowest BCUT2D eigenvalue weighted by molar-refractivity contribution is 0.198. The lowest BCUT2D eigenvalue weighted by Crippen LogP contribution is -2.09. The van der Waals surface area contributed by atoms with Gasteiger partial charge in [-0.1, -0.05) is 12.1 Å². The molecular formula is C17H24N4O2. The number of para-hydroxylation sites is 2. The molecule has 0 fully saturated rings. The summed E-state index contributed by atoms with van der Waals surface area (Å²) in [5, 5.41) is 6.46. The second-order valence-electron chi connectivity index (χ2n) is 5.33. The van der Waals surface area contributed by atoms with Crippen molar-refractivity contribution in [1.82, 2.24) is 9.97 Å². The monoisotopic (exact) mass is 316 g/mol. The quantitative estimate of drug-likeness (QED) is 0.691. The molecule has 2 rings (SSSR count). The fraction of sp³-hybridized carbons (Fsp3) is 0.412. The van der Waals surface area contributed by atoms with Crippen LogP contribution in [0.1, 0.15) is 20.3 Å². The number of nitrogens with zero attached hydrogens (tertiary/aromatic N) is 2. The van der Waals surface area contributed by atoms with Gasteiger partial charge in [0.2, 0.25) is 5.95 Å². The van der Waals surface area contributed by atoms with Crippen LogP contribution in [0.15, 0.2) is 36.5 Å². The van der Waals surface area contributed by atoms with Crippen LogP contribution in [0.4, 0.5) is 17.5 Å². The highest BCUT2D eigenvalue weighted by Gasteiger charge is 2.07. The van der Waals surface area contributed by atoms with Crippen LogP contribution in [-0.4, -0.2) is 36.3 Å². The van der Waals surface area contributed by atoms with Crippen molar-refractivity contribution in [1.29, 1.82) is 0 Å². The molecule has 2 N–H and O–H groups in total. The molecule has 0 aliphatic rings. The van der Waals surface area contributed by atoms with Crippen molar-refractivity contribution in [2.24, 2.45) is 0 Å². The molecule has 1 heterocycles. The summed E-state index contributed by atoms with van der Waals surface area (Å²) in [7, 11) is 1.70. The summed E-state index contributed by atoms with van der Waals surface area (Å²) in [5.74, 6) is 2.09. The predicted molar refractivity (Wildman–Crippen MR) is 92.5 cm³/mol. The molecule has 0 saturated carbocycles. The molecule has 6 nitrogen and oxygen atoms in total. The maximum Gasteiger partial charge on any atom is 0.229 e. The third-order valence-electron chi connectivity index (χ3n) is 2.98. The van der Waals surface area contributed by atoms with Gasteiger partial charge in [0.25, 0.3) is 0 Å². The number of hydrogen-bond donors (Lipinski definition) is 2. The van der Waals surface area contributed by atoms with Crippen molar-refractivity contribution in [2.75, 3.05) is 30.9 Å². The minimum atomic E-state index is 0.104. The molecule has 0 spiro atoms. The highest BCUT2D eigenvalue weighted by molar-refractivity contribution is 5.62. The van der Waals surface area contributed by atoms with Gasteiger partial charge in [-0.15, -0.1) is 0 Å². The Kier molecular flexibility index (Phi) is 6.62. The van der Waals surface area contributed by atoms with E-state index in [4.69, 9.17) is 9.47 Å². The number of aromatic nitrogens is 2. The summed E-state index contributed by atoms with van der Waals surface area (Å²) < 4.78 is 10.8. The first-order valence-electron chi connectivity index (χ1n) is 7.77. The Morgan fingerprint density at radius 2 is 2.00 bits per heavy atom. The Labute approximate surface area is 137 Å². The molecule has 23 heavy (non-hydrogen) atoms. The zero-order valence-corrected chi connectivity index (χ0v) is 13.9. The van der Waals surface area contributed by atoms with E-state index in [-0.39, 0.29) is 6.10 Å². The van der Waals surface area contributed by atoms with E-state index in [1.54, 1.807) is 13.3 Å². The van der Waals surface area contributed by atoms with Crippen molar-refractivity contribution in [2.45, 2.75) is 26.4 Å². The molecule has 0 bridgehead atoms. The summed E-state index contributed by atoms with van der Waals surface area (Å²) in [6.45, 7) is 5.52. The lowest BCUT2D eigenvalue weighted by atomic mass is 10.3. The molecule has 1 aromatic carbocycles. The fourth-order valence-corrected chi connectivity index (χ4v) is 2.00. The van der Waals surface area contributed by atoms with Crippen LogP contribution in [0.25, 0.3) is 0 Å². The van der Waals surface area contributed by atoms with E-state index in [1.807, 2.05) is 44.2 Å². The number of hydrogen-bond acceptors (Lipinski definition) is 6. The van der Waals surface area contributed by atoms with Crippen LogP contribution in [0.5, 0.6) is 5.75 Å². The van der Waals surface area contributed by atoms with Crippen LogP contribution in [0, 0.1) is 0 Å². The van der Waals surface area contributed by atoms with E-state index in [2.05, 4.69) is 20.6 Å². The first-order valence-corrected chi connectivity index (χ1v) is 7.77. The largest absolute Gasteiger partial charge is 0.489 e. The van der Waals surface area contributed by atoms with Crippen LogP contribution >= 0.6 is 0 Å². The second kappa shape index (κ2) is 8.95. The molecule has 0 radical (unpaired) electrons. The van der Waals surface area contributed by atoms with Crippen molar-refractivity contribution in [3.05, 3.63) is 36.5 Å². The van der Waals surface area contributed by atoms with Gasteiger partial charge in [0.1, 0.15) is 11.6 Å². The third-order valence-corrected chi connectivity index (χ3v) is 2.98. The molecule has 1 aromatic heterocycles. The number of nitrogens with one attached hydrogen (secondary N) is 2. The average molecular weight is 316 g/mol. The Morgan fingerprint density at radius 1 is 1.17 bits per heavy atom. The summed E-state index contributed by atoms with van der Waals surface area (Å²) >= 11 is 0. The van der Waals surface area contributed by atoms with Gasteiger partial charge in [-0.25, -0.2) is 4.98 Å². The molecule has 0 aliphatic heterocycles. The molecular weight excluding hydrogens is 292 g/mol. The van der Waals surface area contributed by atoms with Crippen molar-refractivity contribution < 1.29 is 9.47 Å². The fourth-order valence-electron chi connectivity index (χ4n) is 2.00. The standard InChI is InChI=1S/C17H24N4O2/c1-13(2)23-15-8-5-4-7-14(15)20-17-19-11-9-16(21-17)18-10-6-12-22-3/h4-5,7-9,11,13H,6,10,12H2,1-3H3,(H2,18,19,20,21). The highest BCUT2D eigenvalue weighted by Crippen LogP contribution is 2.27. The zero-order chi connectivity index (χ0) is 16.5. The molecule has 0 amide bonds. The Bertz CT molecular complexity index is 605. The topological polar surface area (TPSA) is 68.3 Å². The average Bonchev–Trinajstić information content (AvgIpc) is 2.53. The summed E-state index contributed by atoms with van der Waals surface area (Å²) in [4.78, 5) is 8.71. The summed E-state index contributed by atoms with van der Waals surface area (Å²) in [6.07, 6.45) is 2.75. The van der Waals surface area contributed by atoms with Gasteiger partial charge < -0.3 is 20.1 Å². The number of ether oxygens (including phenoxy) is 2. The van der Waals surface area contributed by atoms with Gasteiger partial charge in [0.05, 0.1) is 11.8 Å². The molecule has 0 saturated heterocycles. The second-order valence-corrected chi connectivity index (χ2v) is 5.33. The van der Waals surface area contributed by atoms with Gasteiger partial charge in [0.15, 0.2) is 0 Å². The van der Waals surface area contributed by atoms with E-state index in [9.17, 15) is 0 Å². The van der Waals surface area contributed by atoms with E-state index in [0.717, 1.165) is 36.8 Å². The smallest absolute Gasteiger partial charge is 0.229 e. The lowest BCUT2D eigenvalue weighted by Gasteiger charge is -2.15. The van der Waals surface area contributed by atoms with Gasteiger partial charge in [-0.05, 0) is 38.5 Å². The van der Waals surface area contributed by atoms with Crippen molar-refractivity contribution in [3.63, 3.8) is 0 Å². The normalized spacial score (nSPS) is 10.6. The Morgan fingerprint density at radius 3 is 2.78 bits per heavy atom. The minimum absolute atomic E-state index is 0.104. The molecule has 6 heteroatoms. The maximum atomic E-state index is 5.79. The maximum absolute atomic E-state index is 5.79. The third kappa shape index (κ3) is 5.75. The number of benzene rings is 1. The van der Waals surface area contributed by atoms with Crippen LogP contribution in [0.2, 0.25) is 0 Å². The van der Waals surface area contributed by atoms with E-state index in [0.29, 0.717) is 5.95 Å². The summed E-state index contributed by atoms with van der Waals surface area (Å²) in [5.41, 5.74) is 0.845. The molecule has 0 unspecified atom stereocenters. The Hall–Kier alpha value is -2.34. The minimum Gasteiger partial charge on any atom is -0.489 e. The van der Waals surface area contributed by atoms with Gasteiger partial charge in [0, 0.05) is 26.5 Å². The van der Waals surface area contributed by atoms with Crippen LogP contribution in [-0.2, 0) is 4.74 Å². The van der Waals surface area contributed by atoms with Gasteiger partial charge in [-0.2, -0.15) is 4.98 Å². The molecule has 0 atom stereocenters. The molecule has 124 valence electrons. The van der Waals surface area contributed by atoms with Crippen molar-refractivity contribution in [3.8, 4) is 5.75 Å². The first-order chi connectivity index (χ1) is 11.2. The highest BCUT2D eigenvalue weighted by atomic mass is 16.5. The van der Waals surface area contributed by atoms with Gasteiger partial charge >= 0.3 is 0 Å². The molecule has 2 aromatic rings. The number of methoxy groups -OCH3 is 1. The molecule has 0 aliphatic carbocycles. The Balaban J connectivity index is 2.03.